The third-order valence-corrected chi connectivity index (χ3v) is 6.00. The molecule has 2 N–H and O–H groups in total. The van der Waals surface area contributed by atoms with Gasteiger partial charge in [-0.2, -0.15) is 0 Å². The van der Waals surface area contributed by atoms with Crippen molar-refractivity contribution in [1.82, 2.24) is 10.2 Å². The van der Waals surface area contributed by atoms with E-state index in [0.29, 0.717) is 20.9 Å². The van der Waals surface area contributed by atoms with Crippen molar-refractivity contribution in [2.24, 2.45) is 5.73 Å². The molecule has 0 radical (unpaired) electrons. The van der Waals surface area contributed by atoms with Gasteiger partial charge < -0.3 is 10.6 Å². The molecule has 6 nitrogen and oxygen atoms in total. The number of nitrogens with zero attached hydrogens (tertiary/aromatic N) is 3. The van der Waals surface area contributed by atoms with E-state index < -0.39 is 5.91 Å². The van der Waals surface area contributed by atoms with Crippen molar-refractivity contribution >= 4 is 52.4 Å². The molecule has 2 rings (SSSR count). The van der Waals surface area contributed by atoms with Crippen LogP contribution >= 0.6 is 34.9 Å². The Morgan fingerprint density at radius 3 is 2.29 bits per heavy atom. The first kappa shape index (κ1) is 18.7. The van der Waals surface area contributed by atoms with Crippen LogP contribution in [0.15, 0.2) is 32.9 Å². The highest BCUT2D eigenvalue weighted by molar-refractivity contribution is 8.03. The molecule has 24 heavy (non-hydrogen) atoms. The number of nitrogens with two attached hydrogens (primary N) is 1. The van der Waals surface area contributed by atoms with Crippen LogP contribution in [0.4, 0.5) is 10.1 Å². The molecule has 1 aromatic carbocycles. The van der Waals surface area contributed by atoms with E-state index in [9.17, 15) is 14.0 Å². The maximum Gasteiger partial charge on any atom is 0.237 e. The predicted octanol–water partition coefficient (Wildman–Crippen LogP) is 2.40. The summed E-state index contributed by atoms with van der Waals surface area (Å²) >= 11 is 3.80. The molecule has 0 aliphatic rings. The van der Waals surface area contributed by atoms with E-state index in [1.165, 1.54) is 47.0 Å². The van der Waals surface area contributed by atoms with E-state index in [1.54, 1.807) is 17.0 Å². The maximum atomic E-state index is 13.0. The Bertz CT molecular complexity index is 708. The quantitative estimate of drug-likeness (QED) is 0.701. The van der Waals surface area contributed by atoms with Crippen molar-refractivity contribution in [3.63, 3.8) is 0 Å². The van der Waals surface area contributed by atoms with Crippen molar-refractivity contribution in [2.45, 2.75) is 15.6 Å². The van der Waals surface area contributed by atoms with Crippen molar-refractivity contribution in [1.29, 1.82) is 0 Å². The van der Waals surface area contributed by atoms with Gasteiger partial charge in [0, 0.05) is 12.2 Å². The SMILES string of the molecule is CCN(C(=O)CSc1nnc(SCC(N)=O)s1)c1ccc(F)cc1. The average molecular weight is 386 g/mol. The van der Waals surface area contributed by atoms with Gasteiger partial charge in [0.05, 0.1) is 11.5 Å². The molecule has 0 aliphatic heterocycles. The number of rotatable bonds is 8. The zero-order chi connectivity index (χ0) is 17.5. The molecule has 1 heterocycles. The summed E-state index contributed by atoms with van der Waals surface area (Å²) in [5.74, 6) is -0.521. The van der Waals surface area contributed by atoms with Crippen LogP contribution in [0.5, 0.6) is 0 Å². The van der Waals surface area contributed by atoms with Crippen molar-refractivity contribution < 1.29 is 14.0 Å². The van der Waals surface area contributed by atoms with Crippen LogP contribution in [-0.4, -0.2) is 40.1 Å². The topological polar surface area (TPSA) is 89.2 Å². The van der Waals surface area contributed by atoms with Crippen LogP contribution in [0.2, 0.25) is 0 Å². The summed E-state index contributed by atoms with van der Waals surface area (Å²) < 4.78 is 14.3. The van der Waals surface area contributed by atoms with E-state index >= 15 is 0 Å². The van der Waals surface area contributed by atoms with Crippen LogP contribution in [0.25, 0.3) is 0 Å². The number of hydrogen-bond donors (Lipinski definition) is 1. The molecule has 0 saturated heterocycles. The smallest absolute Gasteiger partial charge is 0.237 e. The van der Waals surface area contributed by atoms with Gasteiger partial charge in [0.15, 0.2) is 8.68 Å². The maximum absolute atomic E-state index is 13.0. The number of anilines is 1. The molecule has 0 unspecified atom stereocenters. The van der Waals surface area contributed by atoms with E-state index in [2.05, 4.69) is 10.2 Å². The summed E-state index contributed by atoms with van der Waals surface area (Å²) in [6.07, 6.45) is 0. The summed E-state index contributed by atoms with van der Waals surface area (Å²) in [5.41, 5.74) is 5.73. The number of benzene rings is 1. The number of primary amides is 1. The summed E-state index contributed by atoms with van der Waals surface area (Å²) in [5, 5.41) is 7.91. The first-order valence-electron chi connectivity index (χ1n) is 6.93. The van der Waals surface area contributed by atoms with E-state index in [1.807, 2.05) is 6.92 Å². The molecule has 0 atom stereocenters. The lowest BCUT2D eigenvalue weighted by atomic mass is 10.3. The summed E-state index contributed by atoms with van der Waals surface area (Å²) in [4.78, 5) is 24.7. The largest absolute Gasteiger partial charge is 0.369 e. The van der Waals surface area contributed by atoms with Gasteiger partial charge >= 0.3 is 0 Å². The van der Waals surface area contributed by atoms with Crippen LogP contribution < -0.4 is 10.6 Å². The summed E-state index contributed by atoms with van der Waals surface area (Å²) in [7, 11) is 0. The summed E-state index contributed by atoms with van der Waals surface area (Å²) in [6, 6.07) is 5.80. The predicted molar refractivity (Wildman–Crippen MR) is 95.0 cm³/mol. The Hall–Kier alpha value is -1.65. The molecule has 2 aromatic rings. The number of halogens is 1. The van der Waals surface area contributed by atoms with Gasteiger partial charge in [-0.15, -0.1) is 10.2 Å². The first-order chi connectivity index (χ1) is 11.5. The number of hydrogen-bond acceptors (Lipinski definition) is 7. The number of carbonyl (C=O) groups excluding carboxylic acids is 2. The van der Waals surface area contributed by atoms with Gasteiger partial charge in [0.1, 0.15) is 5.82 Å². The molecule has 10 heteroatoms. The van der Waals surface area contributed by atoms with Crippen molar-refractivity contribution in [2.75, 3.05) is 23.0 Å². The summed E-state index contributed by atoms with van der Waals surface area (Å²) in [6.45, 7) is 2.34. The molecular weight excluding hydrogens is 371 g/mol. The minimum atomic E-state index is -0.419. The number of thioether (sulfide) groups is 2. The second-order valence-electron chi connectivity index (χ2n) is 4.49. The Labute approximate surface area is 151 Å². The lowest BCUT2D eigenvalue weighted by Gasteiger charge is -2.20. The normalized spacial score (nSPS) is 10.6. The molecule has 1 aromatic heterocycles. The van der Waals surface area contributed by atoms with Gasteiger partial charge in [-0.3, -0.25) is 9.59 Å². The fourth-order valence-electron chi connectivity index (χ4n) is 1.77. The fourth-order valence-corrected chi connectivity index (χ4v) is 4.41. The Morgan fingerprint density at radius 2 is 1.75 bits per heavy atom. The van der Waals surface area contributed by atoms with Crippen LogP contribution in [0.1, 0.15) is 6.92 Å². The van der Waals surface area contributed by atoms with Crippen LogP contribution in [-0.2, 0) is 9.59 Å². The second-order valence-corrected chi connectivity index (χ2v) is 7.91. The zero-order valence-corrected chi connectivity index (χ0v) is 15.2. The molecular formula is C14H15FN4O2S3. The van der Waals surface area contributed by atoms with Gasteiger partial charge in [-0.25, -0.2) is 4.39 Å². The molecule has 0 bridgehead atoms. The van der Waals surface area contributed by atoms with Gasteiger partial charge in [0.25, 0.3) is 0 Å². The van der Waals surface area contributed by atoms with E-state index in [0.717, 1.165) is 0 Å². The van der Waals surface area contributed by atoms with Gasteiger partial charge in [-0.1, -0.05) is 34.9 Å². The minimum absolute atomic E-state index is 0.101. The first-order valence-corrected chi connectivity index (χ1v) is 9.71. The van der Waals surface area contributed by atoms with Crippen molar-refractivity contribution in [3.8, 4) is 0 Å². The third kappa shape index (κ3) is 5.46. The van der Waals surface area contributed by atoms with Crippen LogP contribution in [0, 0.1) is 5.82 Å². The third-order valence-electron chi connectivity index (χ3n) is 2.80. The molecule has 0 fully saturated rings. The van der Waals surface area contributed by atoms with Gasteiger partial charge in [0.2, 0.25) is 11.8 Å². The second kappa shape index (κ2) is 9.00. The minimum Gasteiger partial charge on any atom is -0.369 e. The standard InChI is InChI=1S/C14H15FN4O2S3/c1-2-19(10-5-3-9(15)4-6-10)12(21)8-23-14-18-17-13(24-14)22-7-11(16)20/h3-6H,2,7-8H2,1H3,(H2,16,20). The number of amides is 2. The molecule has 0 spiro atoms. The van der Waals surface area contributed by atoms with E-state index in [-0.39, 0.29) is 23.2 Å². The number of carbonyl (C=O) groups is 2. The molecule has 128 valence electrons. The molecule has 0 aliphatic carbocycles. The Morgan fingerprint density at radius 1 is 1.17 bits per heavy atom. The zero-order valence-electron chi connectivity index (χ0n) is 12.8. The van der Waals surface area contributed by atoms with Crippen LogP contribution in [0.3, 0.4) is 0 Å². The van der Waals surface area contributed by atoms with Crippen molar-refractivity contribution in [3.05, 3.63) is 30.1 Å². The lowest BCUT2D eigenvalue weighted by Crippen LogP contribution is -2.32. The van der Waals surface area contributed by atoms with Gasteiger partial charge in [-0.05, 0) is 31.2 Å². The highest BCUT2D eigenvalue weighted by Crippen LogP contribution is 2.29. The Kier molecular flexibility index (Phi) is 7.00. The Balaban J connectivity index is 1.91. The molecule has 2 amide bonds. The fraction of sp³-hybridized carbons (Fsp3) is 0.286. The van der Waals surface area contributed by atoms with E-state index in [4.69, 9.17) is 5.73 Å². The monoisotopic (exact) mass is 386 g/mol. The average Bonchev–Trinajstić information content (AvgIpc) is 3.01. The highest BCUT2D eigenvalue weighted by Gasteiger charge is 2.16. The highest BCUT2D eigenvalue weighted by atomic mass is 32.2. The number of aromatic nitrogens is 2. The molecule has 0 saturated carbocycles. The lowest BCUT2D eigenvalue weighted by molar-refractivity contribution is -0.116.